The highest BCUT2D eigenvalue weighted by Gasteiger charge is 2.21. The Hall–Kier alpha value is -2.34. The third kappa shape index (κ3) is 4.73. The van der Waals surface area contributed by atoms with Crippen LogP contribution in [0, 0.1) is 0 Å². The number of aryl methyl sites for hydroxylation is 4. The van der Waals surface area contributed by atoms with E-state index in [1.807, 2.05) is 24.2 Å². The minimum Gasteiger partial charge on any atom is -0.492 e. The van der Waals surface area contributed by atoms with Gasteiger partial charge in [0.1, 0.15) is 12.4 Å². The van der Waals surface area contributed by atoms with Crippen molar-refractivity contribution >= 4 is 5.91 Å². The number of ether oxygens (including phenoxy) is 1. The first-order valence-electron chi connectivity index (χ1n) is 10.4. The molecule has 1 fully saturated rings. The summed E-state index contributed by atoms with van der Waals surface area (Å²) in [5.41, 5.74) is 3.92. The van der Waals surface area contributed by atoms with Crippen molar-refractivity contribution in [2.45, 2.75) is 32.1 Å². The van der Waals surface area contributed by atoms with Crippen molar-refractivity contribution in [1.29, 1.82) is 0 Å². The Morgan fingerprint density at radius 2 is 1.93 bits per heavy atom. The molecule has 150 valence electrons. The lowest BCUT2D eigenvalue weighted by molar-refractivity contribution is -0.132. The second-order valence-electron chi connectivity index (χ2n) is 7.84. The molecule has 0 radical (unpaired) electrons. The van der Waals surface area contributed by atoms with Gasteiger partial charge in [0, 0.05) is 58.8 Å². The van der Waals surface area contributed by atoms with Gasteiger partial charge in [-0.05, 0) is 48.6 Å². The molecule has 28 heavy (non-hydrogen) atoms. The van der Waals surface area contributed by atoms with E-state index in [0.29, 0.717) is 19.4 Å². The summed E-state index contributed by atoms with van der Waals surface area (Å²) in [6, 6.07) is 8.50. The summed E-state index contributed by atoms with van der Waals surface area (Å²) in [6.07, 6.45) is 6.84. The first-order valence-corrected chi connectivity index (χ1v) is 10.4. The number of carbonyl (C=O) groups excluding carboxylic acids is 1. The summed E-state index contributed by atoms with van der Waals surface area (Å²) in [7, 11) is 1.90. The summed E-state index contributed by atoms with van der Waals surface area (Å²) in [4.78, 5) is 16.8. The fraction of sp³-hybridized carbons (Fsp3) is 0.545. The van der Waals surface area contributed by atoms with Gasteiger partial charge in [-0.1, -0.05) is 6.07 Å². The van der Waals surface area contributed by atoms with Gasteiger partial charge in [0.05, 0.1) is 5.69 Å². The van der Waals surface area contributed by atoms with Crippen LogP contribution in [0.5, 0.6) is 5.75 Å². The molecule has 0 atom stereocenters. The number of fused-ring (bicyclic) bond motifs is 1. The molecule has 6 heteroatoms. The maximum absolute atomic E-state index is 12.4. The van der Waals surface area contributed by atoms with Gasteiger partial charge in [-0.15, -0.1) is 0 Å². The Morgan fingerprint density at radius 1 is 1.11 bits per heavy atom. The zero-order chi connectivity index (χ0) is 19.3. The molecule has 0 spiro atoms. The molecule has 0 unspecified atom stereocenters. The van der Waals surface area contributed by atoms with Crippen molar-refractivity contribution < 1.29 is 9.53 Å². The normalized spacial score (nSPS) is 17.0. The van der Waals surface area contributed by atoms with Crippen LogP contribution in [0.3, 0.4) is 0 Å². The number of carbonyl (C=O) groups is 1. The number of aromatic nitrogens is 2. The molecule has 0 saturated carbocycles. The van der Waals surface area contributed by atoms with E-state index in [2.05, 4.69) is 28.2 Å². The Morgan fingerprint density at radius 3 is 2.71 bits per heavy atom. The van der Waals surface area contributed by atoms with Crippen molar-refractivity contribution in [1.82, 2.24) is 19.6 Å². The topological polar surface area (TPSA) is 50.6 Å². The van der Waals surface area contributed by atoms with Crippen LogP contribution in [0.1, 0.15) is 29.7 Å². The van der Waals surface area contributed by atoms with Crippen LogP contribution in [-0.4, -0.2) is 64.8 Å². The van der Waals surface area contributed by atoms with Crippen molar-refractivity contribution in [2.75, 3.05) is 39.3 Å². The first kappa shape index (κ1) is 19.0. The van der Waals surface area contributed by atoms with Crippen molar-refractivity contribution in [3.63, 3.8) is 0 Å². The summed E-state index contributed by atoms with van der Waals surface area (Å²) in [5.74, 6) is 1.23. The fourth-order valence-corrected chi connectivity index (χ4v) is 4.14. The maximum atomic E-state index is 12.4. The molecule has 6 nitrogen and oxygen atoms in total. The summed E-state index contributed by atoms with van der Waals surface area (Å²) in [5, 5.41) is 4.34. The zero-order valence-electron chi connectivity index (χ0n) is 16.8. The number of hydrogen-bond acceptors (Lipinski definition) is 4. The number of hydrogen-bond donors (Lipinski definition) is 0. The zero-order valence-corrected chi connectivity index (χ0v) is 16.8. The van der Waals surface area contributed by atoms with E-state index in [9.17, 15) is 4.79 Å². The molecular weight excluding hydrogens is 352 g/mol. The molecule has 0 bridgehead atoms. The molecule has 1 aromatic heterocycles. The van der Waals surface area contributed by atoms with Crippen LogP contribution < -0.4 is 4.74 Å². The summed E-state index contributed by atoms with van der Waals surface area (Å²) >= 11 is 0. The third-order valence-corrected chi connectivity index (χ3v) is 5.84. The van der Waals surface area contributed by atoms with Gasteiger partial charge in [-0.25, -0.2) is 0 Å². The Bertz CT molecular complexity index is 809. The molecule has 2 heterocycles. The lowest BCUT2D eigenvalue weighted by atomic mass is 10.1. The van der Waals surface area contributed by atoms with Crippen molar-refractivity contribution in [3.8, 4) is 5.75 Å². The average molecular weight is 383 g/mol. The van der Waals surface area contributed by atoms with E-state index in [1.165, 1.54) is 30.4 Å². The lowest BCUT2D eigenvalue weighted by Gasteiger charge is -2.34. The Labute approximate surface area is 167 Å². The van der Waals surface area contributed by atoms with Crippen LogP contribution in [0.4, 0.5) is 0 Å². The van der Waals surface area contributed by atoms with Crippen molar-refractivity contribution in [2.24, 2.45) is 7.05 Å². The molecule has 1 amide bonds. The van der Waals surface area contributed by atoms with Gasteiger partial charge in [0.25, 0.3) is 0 Å². The quantitative estimate of drug-likeness (QED) is 0.736. The van der Waals surface area contributed by atoms with E-state index in [1.54, 1.807) is 4.68 Å². The smallest absolute Gasteiger partial charge is 0.223 e. The first-order chi connectivity index (χ1) is 13.7. The van der Waals surface area contributed by atoms with E-state index in [4.69, 9.17) is 4.74 Å². The highest BCUT2D eigenvalue weighted by Crippen LogP contribution is 2.26. The number of amides is 1. The van der Waals surface area contributed by atoms with Gasteiger partial charge < -0.3 is 9.64 Å². The SMILES string of the molecule is Cn1ccc(CCC(=O)N2CCN(CCOc3ccc4c(c3)CCC4)CC2)n1. The minimum atomic E-state index is 0.236. The monoisotopic (exact) mass is 382 g/mol. The van der Waals surface area contributed by atoms with Crippen molar-refractivity contribution in [3.05, 3.63) is 47.3 Å². The number of piperazine rings is 1. The van der Waals surface area contributed by atoms with E-state index in [-0.39, 0.29) is 5.91 Å². The predicted octanol–water partition coefficient (Wildman–Crippen LogP) is 2.06. The van der Waals surface area contributed by atoms with Gasteiger partial charge in [-0.3, -0.25) is 14.4 Å². The molecule has 2 aliphatic rings. The standard InChI is InChI=1S/C22H30N4O2/c1-24-10-9-20(23-24)6-8-22(27)26-13-11-25(12-14-26)15-16-28-21-7-5-18-3-2-4-19(18)17-21/h5,7,9-10,17H,2-4,6,8,11-16H2,1H3. The van der Waals surface area contributed by atoms with E-state index >= 15 is 0 Å². The highest BCUT2D eigenvalue weighted by molar-refractivity contribution is 5.76. The molecule has 1 saturated heterocycles. The van der Waals surface area contributed by atoms with Gasteiger partial charge in [0.2, 0.25) is 5.91 Å². The van der Waals surface area contributed by atoms with E-state index < -0.39 is 0 Å². The second kappa shape index (κ2) is 8.78. The number of benzene rings is 1. The predicted molar refractivity (Wildman–Crippen MR) is 109 cm³/mol. The molecular formula is C22H30N4O2. The van der Waals surface area contributed by atoms with Gasteiger partial charge in [0.15, 0.2) is 0 Å². The summed E-state index contributed by atoms with van der Waals surface area (Å²) < 4.78 is 7.75. The highest BCUT2D eigenvalue weighted by atomic mass is 16.5. The average Bonchev–Trinajstić information content (AvgIpc) is 3.35. The number of nitrogens with zero attached hydrogens (tertiary/aromatic N) is 4. The molecule has 1 aliphatic carbocycles. The molecule has 4 rings (SSSR count). The molecule has 2 aromatic rings. The number of rotatable bonds is 7. The van der Waals surface area contributed by atoms with Crippen LogP contribution >= 0.6 is 0 Å². The molecule has 1 aliphatic heterocycles. The fourth-order valence-electron chi connectivity index (χ4n) is 4.14. The van der Waals surface area contributed by atoms with Gasteiger partial charge in [-0.2, -0.15) is 5.10 Å². The molecule has 0 N–H and O–H groups in total. The summed E-state index contributed by atoms with van der Waals surface area (Å²) in [6.45, 7) is 5.06. The molecule has 1 aromatic carbocycles. The Balaban J connectivity index is 1.14. The minimum absolute atomic E-state index is 0.236. The van der Waals surface area contributed by atoms with Crippen LogP contribution in [0.2, 0.25) is 0 Å². The largest absolute Gasteiger partial charge is 0.492 e. The van der Waals surface area contributed by atoms with Crippen LogP contribution in [0.25, 0.3) is 0 Å². The van der Waals surface area contributed by atoms with Crippen LogP contribution in [0.15, 0.2) is 30.5 Å². The van der Waals surface area contributed by atoms with Gasteiger partial charge >= 0.3 is 0 Å². The second-order valence-corrected chi connectivity index (χ2v) is 7.84. The van der Waals surface area contributed by atoms with Crippen LogP contribution in [-0.2, 0) is 31.1 Å². The maximum Gasteiger partial charge on any atom is 0.223 e. The Kier molecular flexibility index (Phi) is 5.95. The third-order valence-electron chi connectivity index (χ3n) is 5.84. The lowest BCUT2D eigenvalue weighted by Crippen LogP contribution is -2.49. The van der Waals surface area contributed by atoms with E-state index in [0.717, 1.165) is 44.2 Å².